The van der Waals surface area contributed by atoms with E-state index in [0.717, 1.165) is 24.7 Å². The second-order valence-electron chi connectivity index (χ2n) is 5.34. The number of hydrazine groups is 1. The van der Waals surface area contributed by atoms with Gasteiger partial charge in [0.2, 0.25) is 0 Å². The summed E-state index contributed by atoms with van der Waals surface area (Å²) in [5, 5.41) is 4.36. The van der Waals surface area contributed by atoms with Crippen LogP contribution in [-0.2, 0) is 0 Å². The molecular weight excluding hydrogens is 246 g/mol. The standard InChI is InChI=1S/C14H22ClN3/c1-10(2)7-16-8-11-9-17-18-14(11)12-5-3-4-6-13(12)15/h3-6,10-11,14,16-18H,7-9H2,1-2H3. The highest BCUT2D eigenvalue weighted by molar-refractivity contribution is 6.31. The summed E-state index contributed by atoms with van der Waals surface area (Å²) in [6.45, 7) is 7.49. The van der Waals surface area contributed by atoms with Gasteiger partial charge in [-0.05, 0) is 24.1 Å². The zero-order valence-electron chi connectivity index (χ0n) is 11.0. The molecule has 0 amide bonds. The average Bonchev–Trinajstić information content (AvgIpc) is 2.77. The number of nitrogens with one attached hydrogen (secondary N) is 3. The second kappa shape index (κ2) is 6.53. The first-order valence-electron chi connectivity index (χ1n) is 6.62. The van der Waals surface area contributed by atoms with Gasteiger partial charge in [-0.15, -0.1) is 0 Å². The van der Waals surface area contributed by atoms with E-state index in [0.29, 0.717) is 17.9 Å². The number of hydrogen-bond donors (Lipinski definition) is 3. The van der Waals surface area contributed by atoms with Crippen LogP contribution in [0.2, 0.25) is 5.02 Å². The zero-order chi connectivity index (χ0) is 13.0. The smallest absolute Gasteiger partial charge is 0.0530 e. The topological polar surface area (TPSA) is 36.1 Å². The van der Waals surface area contributed by atoms with Crippen LogP contribution in [0.15, 0.2) is 24.3 Å². The average molecular weight is 268 g/mol. The monoisotopic (exact) mass is 267 g/mol. The Morgan fingerprint density at radius 3 is 2.89 bits per heavy atom. The van der Waals surface area contributed by atoms with Crippen LogP contribution in [0.4, 0.5) is 0 Å². The van der Waals surface area contributed by atoms with Gasteiger partial charge in [0, 0.05) is 24.0 Å². The SMILES string of the molecule is CC(C)CNCC1CNNC1c1ccccc1Cl. The van der Waals surface area contributed by atoms with Gasteiger partial charge in [0.1, 0.15) is 0 Å². The van der Waals surface area contributed by atoms with Crippen LogP contribution in [-0.4, -0.2) is 19.6 Å². The Kier molecular flexibility index (Phi) is 5.01. The van der Waals surface area contributed by atoms with E-state index in [1.54, 1.807) is 0 Å². The van der Waals surface area contributed by atoms with Crippen molar-refractivity contribution in [1.29, 1.82) is 0 Å². The van der Waals surface area contributed by atoms with Gasteiger partial charge < -0.3 is 5.32 Å². The number of hydrogen-bond acceptors (Lipinski definition) is 3. The first-order valence-corrected chi connectivity index (χ1v) is 7.00. The van der Waals surface area contributed by atoms with E-state index in [4.69, 9.17) is 11.6 Å². The molecule has 0 radical (unpaired) electrons. The van der Waals surface area contributed by atoms with Crippen molar-refractivity contribution in [3.63, 3.8) is 0 Å². The summed E-state index contributed by atoms with van der Waals surface area (Å²) in [7, 11) is 0. The van der Waals surface area contributed by atoms with Crippen LogP contribution in [0.1, 0.15) is 25.5 Å². The molecule has 0 saturated carbocycles. The Morgan fingerprint density at radius 2 is 2.17 bits per heavy atom. The molecule has 1 aromatic rings. The highest BCUT2D eigenvalue weighted by atomic mass is 35.5. The van der Waals surface area contributed by atoms with E-state index in [1.165, 1.54) is 5.56 Å². The van der Waals surface area contributed by atoms with Crippen molar-refractivity contribution in [2.45, 2.75) is 19.9 Å². The molecule has 0 bridgehead atoms. The van der Waals surface area contributed by atoms with Crippen LogP contribution < -0.4 is 16.2 Å². The van der Waals surface area contributed by atoms with Crippen LogP contribution in [0.25, 0.3) is 0 Å². The minimum Gasteiger partial charge on any atom is -0.316 e. The fourth-order valence-corrected chi connectivity index (χ4v) is 2.60. The molecule has 2 atom stereocenters. The lowest BCUT2D eigenvalue weighted by molar-refractivity contribution is 0.425. The predicted molar refractivity (Wildman–Crippen MR) is 76.5 cm³/mol. The Morgan fingerprint density at radius 1 is 1.39 bits per heavy atom. The van der Waals surface area contributed by atoms with Gasteiger partial charge in [0.25, 0.3) is 0 Å². The Labute approximate surface area is 114 Å². The van der Waals surface area contributed by atoms with E-state index in [9.17, 15) is 0 Å². The van der Waals surface area contributed by atoms with Crippen LogP contribution >= 0.6 is 11.6 Å². The summed E-state index contributed by atoms with van der Waals surface area (Å²) in [6, 6.07) is 8.36. The van der Waals surface area contributed by atoms with Gasteiger partial charge in [-0.25, -0.2) is 5.43 Å². The van der Waals surface area contributed by atoms with E-state index in [-0.39, 0.29) is 0 Å². The first-order chi connectivity index (χ1) is 8.68. The van der Waals surface area contributed by atoms with E-state index >= 15 is 0 Å². The maximum atomic E-state index is 6.27. The van der Waals surface area contributed by atoms with Gasteiger partial charge in [-0.1, -0.05) is 43.6 Å². The van der Waals surface area contributed by atoms with Crippen molar-refractivity contribution in [1.82, 2.24) is 16.2 Å². The number of halogens is 1. The summed E-state index contributed by atoms with van der Waals surface area (Å²) in [5.74, 6) is 1.22. The molecule has 0 aliphatic carbocycles. The molecule has 3 N–H and O–H groups in total. The van der Waals surface area contributed by atoms with Crippen molar-refractivity contribution in [3.05, 3.63) is 34.9 Å². The molecule has 0 aromatic heterocycles. The van der Waals surface area contributed by atoms with Crippen molar-refractivity contribution in [2.24, 2.45) is 11.8 Å². The third-order valence-electron chi connectivity index (χ3n) is 3.29. The molecule has 1 aliphatic heterocycles. The molecule has 18 heavy (non-hydrogen) atoms. The van der Waals surface area contributed by atoms with Gasteiger partial charge in [0.05, 0.1) is 6.04 Å². The normalized spacial score (nSPS) is 23.8. The minimum absolute atomic E-state index is 0.290. The molecule has 100 valence electrons. The summed E-state index contributed by atoms with van der Waals surface area (Å²) in [5.41, 5.74) is 7.75. The third kappa shape index (κ3) is 3.45. The molecule has 0 spiro atoms. The zero-order valence-corrected chi connectivity index (χ0v) is 11.8. The molecular formula is C14H22ClN3. The Bertz CT molecular complexity index is 381. The van der Waals surface area contributed by atoms with Gasteiger partial charge >= 0.3 is 0 Å². The van der Waals surface area contributed by atoms with E-state index in [1.807, 2.05) is 18.2 Å². The van der Waals surface area contributed by atoms with Crippen molar-refractivity contribution < 1.29 is 0 Å². The number of benzene rings is 1. The molecule has 2 unspecified atom stereocenters. The first kappa shape index (κ1) is 13.8. The fourth-order valence-electron chi connectivity index (χ4n) is 2.34. The lowest BCUT2D eigenvalue weighted by Gasteiger charge is -2.20. The van der Waals surface area contributed by atoms with Crippen LogP contribution in [0.3, 0.4) is 0 Å². The van der Waals surface area contributed by atoms with Crippen LogP contribution in [0.5, 0.6) is 0 Å². The molecule has 1 aliphatic rings. The molecule has 1 aromatic carbocycles. The maximum absolute atomic E-state index is 6.27. The summed E-state index contributed by atoms with van der Waals surface area (Å²) >= 11 is 6.27. The summed E-state index contributed by atoms with van der Waals surface area (Å²) < 4.78 is 0. The predicted octanol–water partition coefficient (Wildman–Crippen LogP) is 2.35. The molecule has 2 rings (SSSR count). The Balaban J connectivity index is 1.97. The third-order valence-corrected chi connectivity index (χ3v) is 3.64. The second-order valence-corrected chi connectivity index (χ2v) is 5.74. The molecule has 4 heteroatoms. The fraction of sp³-hybridized carbons (Fsp3) is 0.571. The highest BCUT2D eigenvalue weighted by Gasteiger charge is 2.29. The molecule has 1 fully saturated rings. The van der Waals surface area contributed by atoms with E-state index in [2.05, 4.69) is 36.1 Å². The Hall–Kier alpha value is -0.610. The molecule has 1 saturated heterocycles. The lowest BCUT2D eigenvalue weighted by Crippen LogP contribution is -2.30. The molecule has 3 nitrogen and oxygen atoms in total. The highest BCUT2D eigenvalue weighted by Crippen LogP contribution is 2.29. The van der Waals surface area contributed by atoms with Gasteiger partial charge in [-0.2, -0.15) is 0 Å². The summed E-state index contributed by atoms with van der Waals surface area (Å²) in [4.78, 5) is 0. The van der Waals surface area contributed by atoms with Crippen molar-refractivity contribution >= 4 is 11.6 Å². The van der Waals surface area contributed by atoms with Gasteiger partial charge in [-0.3, -0.25) is 5.43 Å². The summed E-state index contributed by atoms with van der Waals surface area (Å²) in [6.07, 6.45) is 0. The minimum atomic E-state index is 0.290. The van der Waals surface area contributed by atoms with Crippen molar-refractivity contribution in [3.8, 4) is 0 Å². The maximum Gasteiger partial charge on any atom is 0.0530 e. The van der Waals surface area contributed by atoms with E-state index < -0.39 is 0 Å². The molecule has 1 heterocycles. The van der Waals surface area contributed by atoms with Gasteiger partial charge in [0.15, 0.2) is 0 Å². The van der Waals surface area contributed by atoms with Crippen molar-refractivity contribution in [2.75, 3.05) is 19.6 Å². The number of rotatable bonds is 5. The quantitative estimate of drug-likeness (QED) is 0.767. The largest absolute Gasteiger partial charge is 0.316 e. The van der Waals surface area contributed by atoms with Crippen LogP contribution in [0, 0.1) is 11.8 Å². The lowest BCUT2D eigenvalue weighted by atomic mass is 9.94.